The third kappa shape index (κ3) is 7.32. The van der Waals surface area contributed by atoms with Crippen LogP contribution in [0.5, 0.6) is 0 Å². The summed E-state index contributed by atoms with van der Waals surface area (Å²) < 4.78 is 5.12. The molecule has 1 aromatic rings. The molecule has 1 amide bonds. The topological polar surface area (TPSA) is 55.4 Å². The largest absolute Gasteiger partial charge is 0.469 e. The molecule has 0 atom stereocenters. The monoisotopic (exact) mass is 381 g/mol. The third-order valence-corrected chi connectivity index (χ3v) is 7.11. The van der Waals surface area contributed by atoms with Crippen molar-refractivity contribution in [2.45, 2.75) is 43.1 Å². The number of ether oxygens (including phenoxy) is 1. The van der Waals surface area contributed by atoms with Crippen molar-refractivity contribution in [2.75, 3.05) is 25.2 Å². The molecule has 2 rings (SSSR count). The Hall–Kier alpha value is -1.14. The lowest BCUT2D eigenvalue weighted by Crippen LogP contribution is -2.24. The van der Waals surface area contributed by atoms with Gasteiger partial charge < -0.3 is 10.1 Å². The molecule has 138 valence electrons. The fourth-order valence-corrected chi connectivity index (χ4v) is 5.52. The number of rotatable bonds is 9. The normalized spacial score (nSPS) is 14.9. The van der Waals surface area contributed by atoms with Crippen molar-refractivity contribution in [2.24, 2.45) is 0 Å². The van der Waals surface area contributed by atoms with Crippen LogP contribution in [0.2, 0.25) is 0 Å². The second-order valence-electron chi connectivity index (χ2n) is 6.05. The third-order valence-electron chi connectivity index (χ3n) is 4.09. The molecule has 0 aliphatic carbocycles. The summed E-state index contributed by atoms with van der Waals surface area (Å²) in [5, 5.41) is 2.97. The highest BCUT2D eigenvalue weighted by atomic mass is 32.2. The number of hydrogen-bond acceptors (Lipinski definition) is 5. The standard InChI is InChI=1S/C19H27NO3S2/c1-23-17(21)7-4-2-3-5-12-20-18(22)15-8-10-16(11-9-15)19-24-13-6-14-25-19/h8-11,19H,2-7,12-14H2,1H3,(H,20,22). The van der Waals surface area contributed by atoms with Crippen molar-refractivity contribution in [3.05, 3.63) is 35.4 Å². The number of amides is 1. The molecule has 0 spiro atoms. The molecule has 0 saturated carbocycles. The van der Waals surface area contributed by atoms with Gasteiger partial charge in [-0.25, -0.2) is 0 Å². The summed E-state index contributed by atoms with van der Waals surface area (Å²) in [6.45, 7) is 0.674. The summed E-state index contributed by atoms with van der Waals surface area (Å²) in [5.41, 5.74) is 2.03. The van der Waals surface area contributed by atoms with Gasteiger partial charge in [-0.15, -0.1) is 23.5 Å². The van der Waals surface area contributed by atoms with Gasteiger partial charge in [-0.1, -0.05) is 25.0 Å². The van der Waals surface area contributed by atoms with E-state index >= 15 is 0 Å². The van der Waals surface area contributed by atoms with Crippen molar-refractivity contribution in [3.63, 3.8) is 0 Å². The Morgan fingerprint density at radius 1 is 1.08 bits per heavy atom. The Bertz CT molecular complexity index is 542. The first-order chi connectivity index (χ1) is 12.2. The second kappa shape index (κ2) is 11.5. The number of carbonyl (C=O) groups excluding carboxylic acids is 2. The van der Waals surface area contributed by atoms with Gasteiger partial charge in [-0.2, -0.15) is 0 Å². The quantitative estimate of drug-likeness (QED) is 0.507. The van der Waals surface area contributed by atoms with Gasteiger partial charge in [-0.3, -0.25) is 9.59 Å². The molecular weight excluding hydrogens is 354 g/mol. The van der Waals surface area contributed by atoms with Crippen molar-refractivity contribution in [1.82, 2.24) is 5.32 Å². The zero-order valence-electron chi connectivity index (χ0n) is 14.8. The Morgan fingerprint density at radius 2 is 1.76 bits per heavy atom. The average molecular weight is 382 g/mol. The molecular formula is C19H27NO3S2. The lowest BCUT2D eigenvalue weighted by Gasteiger charge is -2.21. The minimum atomic E-state index is -0.151. The molecule has 25 heavy (non-hydrogen) atoms. The van der Waals surface area contributed by atoms with E-state index in [-0.39, 0.29) is 11.9 Å². The van der Waals surface area contributed by atoms with E-state index in [1.54, 1.807) is 0 Å². The SMILES string of the molecule is COC(=O)CCCCCCNC(=O)c1ccc(C2SCCCS2)cc1. The summed E-state index contributed by atoms with van der Waals surface area (Å²) in [7, 11) is 1.41. The maximum atomic E-state index is 12.2. The van der Waals surface area contributed by atoms with Gasteiger partial charge in [0.15, 0.2) is 0 Å². The number of thioether (sulfide) groups is 2. The molecule has 1 aliphatic rings. The second-order valence-corrected chi connectivity index (χ2v) is 8.77. The van der Waals surface area contributed by atoms with Crippen LogP contribution in [0, 0.1) is 0 Å². The molecule has 1 saturated heterocycles. The molecule has 4 nitrogen and oxygen atoms in total. The maximum absolute atomic E-state index is 12.2. The lowest BCUT2D eigenvalue weighted by atomic mass is 10.1. The van der Waals surface area contributed by atoms with E-state index in [9.17, 15) is 9.59 Å². The average Bonchev–Trinajstić information content (AvgIpc) is 2.67. The fraction of sp³-hybridized carbons (Fsp3) is 0.579. The number of methoxy groups -OCH3 is 1. The number of esters is 1. The zero-order chi connectivity index (χ0) is 17.9. The molecule has 0 aromatic heterocycles. The van der Waals surface area contributed by atoms with Gasteiger partial charge in [0.05, 0.1) is 11.7 Å². The Balaban J connectivity index is 1.63. The highest BCUT2D eigenvalue weighted by Crippen LogP contribution is 2.43. The van der Waals surface area contributed by atoms with Crippen LogP contribution in [0.25, 0.3) is 0 Å². The molecule has 1 fully saturated rings. The van der Waals surface area contributed by atoms with Crippen LogP contribution in [0.1, 0.15) is 59.0 Å². The highest BCUT2D eigenvalue weighted by Gasteiger charge is 2.16. The zero-order valence-corrected chi connectivity index (χ0v) is 16.4. The summed E-state index contributed by atoms with van der Waals surface area (Å²) in [5.74, 6) is 2.28. The molecule has 1 heterocycles. The van der Waals surface area contributed by atoms with Crippen LogP contribution in [-0.4, -0.2) is 37.0 Å². The smallest absolute Gasteiger partial charge is 0.305 e. The fourth-order valence-electron chi connectivity index (χ4n) is 2.63. The predicted octanol–water partition coefficient (Wildman–Crippen LogP) is 4.41. The number of unbranched alkanes of at least 4 members (excludes halogenated alkanes) is 3. The van der Waals surface area contributed by atoms with E-state index in [1.807, 2.05) is 35.7 Å². The minimum absolute atomic E-state index is 0.00920. The van der Waals surface area contributed by atoms with Crippen LogP contribution < -0.4 is 5.32 Å². The van der Waals surface area contributed by atoms with Crippen LogP contribution in [-0.2, 0) is 9.53 Å². The van der Waals surface area contributed by atoms with Crippen LogP contribution in [0.15, 0.2) is 24.3 Å². The molecule has 1 N–H and O–H groups in total. The van der Waals surface area contributed by atoms with Gasteiger partial charge >= 0.3 is 5.97 Å². The number of benzene rings is 1. The Labute approximate surface area is 158 Å². The van der Waals surface area contributed by atoms with Crippen LogP contribution in [0.3, 0.4) is 0 Å². The molecule has 1 aliphatic heterocycles. The minimum Gasteiger partial charge on any atom is -0.469 e. The van der Waals surface area contributed by atoms with E-state index in [2.05, 4.69) is 22.2 Å². The van der Waals surface area contributed by atoms with E-state index in [0.29, 0.717) is 17.5 Å². The van der Waals surface area contributed by atoms with E-state index in [4.69, 9.17) is 0 Å². The van der Waals surface area contributed by atoms with Crippen LogP contribution in [0.4, 0.5) is 0 Å². The summed E-state index contributed by atoms with van der Waals surface area (Å²) >= 11 is 3.98. The van der Waals surface area contributed by atoms with Crippen molar-refractivity contribution in [1.29, 1.82) is 0 Å². The van der Waals surface area contributed by atoms with Gasteiger partial charge in [0.2, 0.25) is 0 Å². The van der Waals surface area contributed by atoms with E-state index in [1.165, 1.54) is 30.6 Å². The summed E-state index contributed by atoms with van der Waals surface area (Å²) in [6, 6.07) is 8.02. The number of carbonyl (C=O) groups is 2. The molecule has 0 radical (unpaired) electrons. The van der Waals surface area contributed by atoms with E-state index in [0.717, 1.165) is 31.2 Å². The van der Waals surface area contributed by atoms with E-state index < -0.39 is 0 Å². The first-order valence-electron chi connectivity index (χ1n) is 8.89. The summed E-state index contributed by atoms with van der Waals surface area (Å²) in [4.78, 5) is 23.2. The highest BCUT2D eigenvalue weighted by molar-refractivity contribution is 8.16. The van der Waals surface area contributed by atoms with Crippen molar-refractivity contribution >= 4 is 35.4 Å². The first-order valence-corrected chi connectivity index (χ1v) is 11.0. The number of hydrogen-bond donors (Lipinski definition) is 1. The Kier molecular flexibility index (Phi) is 9.26. The first kappa shape index (κ1) is 20.2. The van der Waals surface area contributed by atoms with Crippen molar-refractivity contribution in [3.8, 4) is 0 Å². The van der Waals surface area contributed by atoms with Gasteiger partial charge in [-0.05, 0) is 48.5 Å². The van der Waals surface area contributed by atoms with Gasteiger partial charge in [0, 0.05) is 18.5 Å². The lowest BCUT2D eigenvalue weighted by molar-refractivity contribution is -0.140. The predicted molar refractivity (Wildman–Crippen MR) is 106 cm³/mol. The molecule has 0 bridgehead atoms. The maximum Gasteiger partial charge on any atom is 0.305 e. The molecule has 0 unspecified atom stereocenters. The van der Waals surface area contributed by atoms with Crippen LogP contribution >= 0.6 is 23.5 Å². The van der Waals surface area contributed by atoms with Crippen molar-refractivity contribution < 1.29 is 14.3 Å². The summed E-state index contributed by atoms with van der Waals surface area (Å²) in [6.07, 6.45) is 5.53. The molecule has 6 heteroatoms. The number of nitrogens with one attached hydrogen (secondary N) is 1. The van der Waals surface area contributed by atoms with Gasteiger partial charge in [0.1, 0.15) is 0 Å². The Morgan fingerprint density at radius 3 is 2.44 bits per heavy atom. The molecule has 1 aromatic carbocycles. The van der Waals surface area contributed by atoms with Gasteiger partial charge in [0.25, 0.3) is 5.91 Å².